The molecule has 0 saturated carbocycles. The molecule has 6 heteroatoms. The fourth-order valence-electron chi connectivity index (χ4n) is 3.26. The minimum atomic E-state index is -0.0233. The lowest BCUT2D eigenvalue weighted by atomic mass is 10.1. The van der Waals surface area contributed by atoms with Crippen LogP contribution in [-0.4, -0.2) is 49.1 Å². The first-order valence-corrected chi connectivity index (χ1v) is 9.50. The molecule has 0 spiro atoms. The molecule has 1 amide bonds. The van der Waals surface area contributed by atoms with Gasteiger partial charge in [0.05, 0.1) is 12.8 Å². The average Bonchev–Trinajstić information content (AvgIpc) is 3.21. The van der Waals surface area contributed by atoms with Gasteiger partial charge in [0.25, 0.3) is 5.91 Å². The molecule has 1 aromatic carbocycles. The van der Waals surface area contributed by atoms with Crippen LogP contribution in [0.15, 0.2) is 24.3 Å². The van der Waals surface area contributed by atoms with Crippen LogP contribution in [0, 0.1) is 6.92 Å². The van der Waals surface area contributed by atoms with Crippen molar-refractivity contribution in [1.82, 2.24) is 15.2 Å². The van der Waals surface area contributed by atoms with E-state index in [2.05, 4.69) is 22.2 Å². The van der Waals surface area contributed by atoms with Gasteiger partial charge in [-0.15, -0.1) is 11.3 Å². The van der Waals surface area contributed by atoms with Crippen molar-refractivity contribution in [3.8, 4) is 16.3 Å². The third-order valence-electron chi connectivity index (χ3n) is 4.75. The second-order valence-electron chi connectivity index (χ2n) is 6.49. The lowest BCUT2D eigenvalue weighted by Gasteiger charge is -2.19. The van der Waals surface area contributed by atoms with Crippen LogP contribution >= 0.6 is 11.3 Å². The van der Waals surface area contributed by atoms with Gasteiger partial charge in [-0.2, -0.15) is 0 Å². The Hall–Kier alpha value is -1.92. The molecule has 1 saturated heterocycles. The molecular weight excluding hydrogens is 334 g/mol. The van der Waals surface area contributed by atoms with Crippen molar-refractivity contribution in [1.29, 1.82) is 0 Å². The molecule has 1 atom stereocenters. The zero-order valence-electron chi connectivity index (χ0n) is 15.0. The summed E-state index contributed by atoms with van der Waals surface area (Å²) in [6, 6.07) is 8.35. The summed E-state index contributed by atoms with van der Waals surface area (Å²) in [5.41, 5.74) is 1.75. The van der Waals surface area contributed by atoms with Gasteiger partial charge in [-0.3, -0.25) is 4.79 Å². The summed E-state index contributed by atoms with van der Waals surface area (Å²) in [6.45, 7) is 3.76. The Morgan fingerprint density at radius 2 is 2.32 bits per heavy atom. The van der Waals surface area contributed by atoms with Crippen LogP contribution in [0.1, 0.15) is 34.6 Å². The number of methoxy groups -OCH3 is 1. The lowest BCUT2D eigenvalue weighted by molar-refractivity contribution is 0.0953. The highest BCUT2D eigenvalue weighted by Gasteiger charge is 2.21. The highest BCUT2D eigenvalue weighted by Crippen LogP contribution is 2.30. The first kappa shape index (κ1) is 17.9. The first-order valence-electron chi connectivity index (χ1n) is 8.69. The summed E-state index contributed by atoms with van der Waals surface area (Å²) in [5.74, 6) is 0.766. The summed E-state index contributed by atoms with van der Waals surface area (Å²) in [5, 5.41) is 3.90. The third kappa shape index (κ3) is 4.19. The van der Waals surface area contributed by atoms with Crippen LogP contribution in [0.3, 0.4) is 0 Å². The molecule has 3 rings (SSSR count). The number of nitrogens with zero attached hydrogens (tertiary/aromatic N) is 2. The Bertz CT molecular complexity index is 744. The van der Waals surface area contributed by atoms with E-state index in [4.69, 9.17) is 4.74 Å². The van der Waals surface area contributed by atoms with Gasteiger partial charge in [0.15, 0.2) is 0 Å². The largest absolute Gasteiger partial charge is 0.497 e. The van der Waals surface area contributed by atoms with E-state index in [-0.39, 0.29) is 5.91 Å². The molecule has 1 fully saturated rings. The fraction of sp³-hybridized carbons (Fsp3) is 0.474. The van der Waals surface area contributed by atoms with Gasteiger partial charge in [-0.25, -0.2) is 4.98 Å². The molecular formula is C19H25N3O2S. The van der Waals surface area contributed by atoms with Crippen molar-refractivity contribution in [2.24, 2.45) is 0 Å². The highest BCUT2D eigenvalue weighted by molar-refractivity contribution is 7.17. The number of thiazole rings is 1. The van der Waals surface area contributed by atoms with Gasteiger partial charge < -0.3 is 15.0 Å². The number of benzene rings is 1. The van der Waals surface area contributed by atoms with Crippen LogP contribution in [0.25, 0.3) is 10.6 Å². The monoisotopic (exact) mass is 359 g/mol. The standard InChI is InChI=1S/C19H25N3O2S/c1-13-17(18(23)20-10-9-15-7-5-11-22(15)2)25-19(21-13)14-6-4-8-16(12-14)24-3/h4,6,8,12,15H,5,7,9-11H2,1-3H3,(H,20,23). The smallest absolute Gasteiger partial charge is 0.263 e. The number of aromatic nitrogens is 1. The topological polar surface area (TPSA) is 54.5 Å². The number of likely N-dealkylation sites (tertiary alicyclic amines) is 1. The van der Waals surface area contributed by atoms with E-state index in [1.54, 1.807) is 7.11 Å². The molecule has 1 aromatic heterocycles. The number of nitrogens with one attached hydrogen (secondary N) is 1. The quantitative estimate of drug-likeness (QED) is 0.859. The summed E-state index contributed by atoms with van der Waals surface area (Å²) >= 11 is 1.43. The Kier molecular flexibility index (Phi) is 5.71. The van der Waals surface area contributed by atoms with Gasteiger partial charge in [-0.05, 0) is 51.9 Å². The summed E-state index contributed by atoms with van der Waals surface area (Å²) < 4.78 is 5.26. The van der Waals surface area contributed by atoms with Gasteiger partial charge in [0, 0.05) is 18.2 Å². The van der Waals surface area contributed by atoms with E-state index >= 15 is 0 Å². The molecule has 1 unspecified atom stereocenters. The number of aryl methyl sites for hydroxylation is 1. The zero-order valence-corrected chi connectivity index (χ0v) is 15.9. The van der Waals surface area contributed by atoms with E-state index in [9.17, 15) is 4.79 Å². The van der Waals surface area contributed by atoms with Crippen LogP contribution < -0.4 is 10.1 Å². The maximum Gasteiger partial charge on any atom is 0.263 e. The maximum absolute atomic E-state index is 12.5. The SMILES string of the molecule is COc1cccc(-c2nc(C)c(C(=O)NCCC3CCCN3C)s2)c1. The Labute approximate surface area is 153 Å². The van der Waals surface area contributed by atoms with Crippen molar-refractivity contribution >= 4 is 17.2 Å². The molecule has 0 bridgehead atoms. The van der Waals surface area contributed by atoms with Gasteiger partial charge in [-0.1, -0.05) is 12.1 Å². The number of hydrogen-bond donors (Lipinski definition) is 1. The van der Waals surface area contributed by atoms with Crippen molar-refractivity contribution < 1.29 is 9.53 Å². The van der Waals surface area contributed by atoms with Crippen molar-refractivity contribution in [3.63, 3.8) is 0 Å². The van der Waals surface area contributed by atoms with Crippen molar-refractivity contribution in [2.45, 2.75) is 32.2 Å². The van der Waals surface area contributed by atoms with Crippen LogP contribution in [0.2, 0.25) is 0 Å². The van der Waals surface area contributed by atoms with E-state index in [0.717, 1.165) is 35.0 Å². The predicted molar refractivity (Wildman–Crippen MR) is 101 cm³/mol. The molecule has 134 valence electrons. The van der Waals surface area contributed by atoms with E-state index in [1.165, 1.54) is 24.2 Å². The zero-order chi connectivity index (χ0) is 17.8. The number of carbonyl (C=O) groups is 1. The predicted octanol–water partition coefficient (Wildman–Crippen LogP) is 3.34. The van der Waals surface area contributed by atoms with Crippen molar-refractivity contribution in [2.75, 3.05) is 27.2 Å². The van der Waals surface area contributed by atoms with E-state index in [1.807, 2.05) is 31.2 Å². The molecule has 1 aliphatic rings. The first-order chi connectivity index (χ1) is 12.1. The Morgan fingerprint density at radius 1 is 1.48 bits per heavy atom. The second kappa shape index (κ2) is 7.97. The lowest BCUT2D eigenvalue weighted by Crippen LogP contribution is -2.31. The summed E-state index contributed by atoms with van der Waals surface area (Å²) in [4.78, 5) is 20.2. The minimum absolute atomic E-state index is 0.0233. The number of hydrogen-bond acceptors (Lipinski definition) is 5. The fourth-order valence-corrected chi connectivity index (χ4v) is 4.24. The molecule has 2 heterocycles. The van der Waals surface area contributed by atoms with E-state index in [0.29, 0.717) is 17.5 Å². The molecule has 25 heavy (non-hydrogen) atoms. The van der Waals surface area contributed by atoms with Crippen LogP contribution in [0.4, 0.5) is 0 Å². The van der Waals surface area contributed by atoms with Crippen molar-refractivity contribution in [3.05, 3.63) is 34.8 Å². The van der Waals surface area contributed by atoms with Gasteiger partial charge in [0.2, 0.25) is 0 Å². The van der Waals surface area contributed by atoms with Crippen LogP contribution in [-0.2, 0) is 0 Å². The summed E-state index contributed by atoms with van der Waals surface area (Å²) in [6.07, 6.45) is 3.49. The Morgan fingerprint density at radius 3 is 3.04 bits per heavy atom. The molecule has 1 aliphatic heterocycles. The highest BCUT2D eigenvalue weighted by atomic mass is 32.1. The second-order valence-corrected chi connectivity index (χ2v) is 7.49. The molecule has 0 radical (unpaired) electrons. The van der Waals surface area contributed by atoms with E-state index < -0.39 is 0 Å². The maximum atomic E-state index is 12.5. The number of rotatable bonds is 6. The average molecular weight is 359 g/mol. The molecule has 1 N–H and O–H groups in total. The molecule has 0 aliphatic carbocycles. The van der Waals surface area contributed by atoms with Crippen LogP contribution in [0.5, 0.6) is 5.75 Å². The van der Waals surface area contributed by atoms with Gasteiger partial charge in [0.1, 0.15) is 15.6 Å². The summed E-state index contributed by atoms with van der Waals surface area (Å²) in [7, 11) is 3.81. The molecule has 2 aromatic rings. The minimum Gasteiger partial charge on any atom is -0.497 e. The number of amides is 1. The third-order valence-corrected chi connectivity index (χ3v) is 5.96. The number of ether oxygens (including phenoxy) is 1. The normalized spacial score (nSPS) is 17.6. The Balaban J connectivity index is 1.64. The number of carbonyl (C=O) groups excluding carboxylic acids is 1. The molecule has 5 nitrogen and oxygen atoms in total. The van der Waals surface area contributed by atoms with Gasteiger partial charge >= 0.3 is 0 Å².